The molecule has 0 saturated heterocycles. The topological polar surface area (TPSA) is 55.1 Å². The Balaban J connectivity index is 2.28. The monoisotopic (exact) mass is 440 g/mol. The summed E-state index contributed by atoms with van der Waals surface area (Å²) in [5.74, 6) is -0.364. The lowest BCUT2D eigenvalue weighted by atomic mass is 10.2. The van der Waals surface area contributed by atoms with Gasteiger partial charge in [0.15, 0.2) is 0 Å². The van der Waals surface area contributed by atoms with E-state index in [0.717, 1.165) is 3.57 Å². The normalized spacial score (nSPS) is 10.4. The van der Waals surface area contributed by atoms with Crippen molar-refractivity contribution >= 4 is 74.7 Å². The molecule has 20 heavy (non-hydrogen) atoms. The number of hydrogen-bond donors (Lipinski definition) is 2. The average Bonchev–Trinajstić information content (AvgIpc) is 2.38. The number of rotatable bonds is 2. The van der Waals surface area contributed by atoms with Gasteiger partial charge in [-0.3, -0.25) is 4.79 Å². The van der Waals surface area contributed by atoms with E-state index in [9.17, 15) is 4.79 Å². The minimum Gasteiger partial charge on any atom is -0.396 e. The Bertz CT molecular complexity index is 668. The molecule has 0 aromatic heterocycles. The summed E-state index contributed by atoms with van der Waals surface area (Å²) in [5.41, 5.74) is 6.70. The Labute approximate surface area is 144 Å². The smallest absolute Gasteiger partial charge is 0.255 e. The van der Waals surface area contributed by atoms with E-state index in [1.165, 1.54) is 12.1 Å². The first-order valence-electron chi connectivity index (χ1n) is 5.39. The molecule has 0 fully saturated rings. The second kappa shape index (κ2) is 6.39. The van der Waals surface area contributed by atoms with Crippen LogP contribution in [0.3, 0.4) is 0 Å². The predicted octanol–water partition coefficient (Wildman–Crippen LogP) is 5.09. The van der Waals surface area contributed by atoms with Crippen molar-refractivity contribution in [2.24, 2.45) is 0 Å². The molecule has 0 radical (unpaired) electrons. The van der Waals surface area contributed by atoms with Gasteiger partial charge in [-0.05, 0) is 52.9 Å². The molecule has 1 amide bonds. The van der Waals surface area contributed by atoms with Gasteiger partial charge in [0.25, 0.3) is 5.91 Å². The number of nitrogens with one attached hydrogen (secondary N) is 1. The maximum atomic E-state index is 12.1. The molecule has 104 valence electrons. The van der Waals surface area contributed by atoms with Gasteiger partial charge in [0.2, 0.25) is 0 Å². The number of amides is 1. The molecule has 0 heterocycles. The van der Waals surface area contributed by atoms with Crippen molar-refractivity contribution < 1.29 is 4.79 Å². The average molecular weight is 441 g/mol. The Kier molecular flexibility index (Phi) is 5.01. The summed E-state index contributed by atoms with van der Waals surface area (Å²) in [6.07, 6.45) is 0. The summed E-state index contributed by atoms with van der Waals surface area (Å²) in [7, 11) is 0. The number of benzene rings is 2. The van der Waals surface area contributed by atoms with E-state index in [4.69, 9.17) is 40.5 Å². The second-order valence-electron chi connectivity index (χ2n) is 3.93. The van der Waals surface area contributed by atoms with Crippen LogP contribution in [-0.4, -0.2) is 5.91 Å². The molecule has 2 aromatic rings. The summed E-state index contributed by atoms with van der Waals surface area (Å²) in [6.45, 7) is 0. The zero-order valence-electron chi connectivity index (χ0n) is 9.88. The third-order valence-corrected chi connectivity index (χ3v) is 4.13. The van der Waals surface area contributed by atoms with Crippen LogP contribution in [0.2, 0.25) is 15.1 Å². The maximum absolute atomic E-state index is 12.1. The molecule has 2 rings (SSSR count). The summed E-state index contributed by atoms with van der Waals surface area (Å²) < 4.78 is 0.976. The Hall–Kier alpha value is -0.690. The highest BCUT2D eigenvalue weighted by Crippen LogP contribution is 2.30. The van der Waals surface area contributed by atoms with Crippen molar-refractivity contribution in [3.63, 3.8) is 0 Å². The number of hydrogen-bond acceptors (Lipinski definition) is 2. The lowest BCUT2D eigenvalue weighted by Crippen LogP contribution is -2.12. The SMILES string of the molecule is Nc1c(Cl)cc(C(=O)Nc2ccc(I)cc2Cl)cc1Cl. The molecule has 3 nitrogen and oxygen atoms in total. The van der Waals surface area contributed by atoms with E-state index in [1.54, 1.807) is 12.1 Å². The van der Waals surface area contributed by atoms with E-state index in [0.29, 0.717) is 16.3 Å². The van der Waals surface area contributed by atoms with E-state index in [2.05, 4.69) is 27.9 Å². The first-order valence-corrected chi connectivity index (χ1v) is 7.60. The second-order valence-corrected chi connectivity index (χ2v) is 6.40. The number of halogens is 4. The van der Waals surface area contributed by atoms with Gasteiger partial charge >= 0.3 is 0 Å². The fourth-order valence-electron chi connectivity index (χ4n) is 1.50. The molecule has 0 bridgehead atoms. The Morgan fingerprint density at radius 3 is 2.20 bits per heavy atom. The third kappa shape index (κ3) is 3.49. The zero-order chi connectivity index (χ0) is 14.9. The lowest BCUT2D eigenvalue weighted by molar-refractivity contribution is 0.102. The Morgan fingerprint density at radius 2 is 1.65 bits per heavy atom. The van der Waals surface area contributed by atoms with Gasteiger partial charge in [-0.15, -0.1) is 0 Å². The minimum absolute atomic E-state index is 0.233. The van der Waals surface area contributed by atoms with Crippen LogP contribution in [0, 0.1) is 3.57 Å². The van der Waals surface area contributed by atoms with E-state index in [1.807, 2.05) is 6.07 Å². The maximum Gasteiger partial charge on any atom is 0.255 e. The van der Waals surface area contributed by atoms with E-state index < -0.39 is 0 Å². The standard InChI is InChI=1S/C13H8Cl3IN2O/c14-8-5-7(17)1-2-11(8)19-13(20)6-3-9(15)12(18)10(16)4-6/h1-5H,18H2,(H,19,20). The number of anilines is 2. The molecule has 0 atom stereocenters. The molecule has 0 aliphatic heterocycles. The highest BCUT2D eigenvalue weighted by atomic mass is 127. The zero-order valence-corrected chi connectivity index (χ0v) is 14.3. The van der Waals surface area contributed by atoms with Crippen molar-refractivity contribution in [3.8, 4) is 0 Å². The van der Waals surface area contributed by atoms with Gasteiger partial charge in [-0.2, -0.15) is 0 Å². The van der Waals surface area contributed by atoms with Crippen LogP contribution >= 0.6 is 57.4 Å². The van der Waals surface area contributed by atoms with Gasteiger partial charge < -0.3 is 11.1 Å². The number of carbonyl (C=O) groups excluding carboxylic acids is 1. The van der Waals surface area contributed by atoms with Crippen LogP contribution in [0.15, 0.2) is 30.3 Å². The summed E-state index contributed by atoms with van der Waals surface area (Å²) >= 11 is 20.0. The van der Waals surface area contributed by atoms with Gasteiger partial charge in [0, 0.05) is 9.13 Å². The molecular formula is C13H8Cl3IN2O. The number of nitrogens with two attached hydrogens (primary N) is 1. The molecule has 2 aromatic carbocycles. The molecule has 0 spiro atoms. The van der Waals surface area contributed by atoms with Gasteiger partial charge in [-0.25, -0.2) is 0 Å². The largest absolute Gasteiger partial charge is 0.396 e. The molecular weight excluding hydrogens is 433 g/mol. The quantitative estimate of drug-likeness (QED) is 0.504. The van der Waals surface area contributed by atoms with Crippen molar-refractivity contribution in [2.75, 3.05) is 11.1 Å². The molecule has 3 N–H and O–H groups in total. The first kappa shape index (κ1) is 15.7. The molecule has 0 aliphatic carbocycles. The highest BCUT2D eigenvalue weighted by molar-refractivity contribution is 14.1. The molecule has 7 heteroatoms. The first-order chi connectivity index (χ1) is 9.38. The van der Waals surface area contributed by atoms with Crippen LogP contribution in [0.5, 0.6) is 0 Å². The van der Waals surface area contributed by atoms with Crippen molar-refractivity contribution in [3.05, 3.63) is 54.5 Å². The van der Waals surface area contributed by atoms with Crippen molar-refractivity contribution in [1.82, 2.24) is 0 Å². The molecule has 0 aliphatic rings. The third-order valence-electron chi connectivity index (χ3n) is 2.52. The number of nitrogen functional groups attached to an aromatic ring is 1. The highest BCUT2D eigenvalue weighted by Gasteiger charge is 2.12. The van der Waals surface area contributed by atoms with E-state index >= 15 is 0 Å². The van der Waals surface area contributed by atoms with Gasteiger partial charge in [-0.1, -0.05) is 34.8 Å². The van der Waals surface area contributed by atoms with Gasteiger partial charge in [0.1, 0.15) is 0 Å². The predicted molar refractivity (Wildman–Crippen MR) is 93.0 cm³/mol. The van der Waals surface area contributed by atoms with Crippen molar-refractivity contribution in [2.45, 2.75) is 0 Å². The van der Waals surface area contributed by atoms with Crippen LogP contribution in [-0.2, 0) is 0 Å². The van der Waals surface area contributed by atoms with Gasteiger partial charge in [0.05, 0.1) is 26.4 Å². The minimum atomic E-state index is -0.364. The fourth-order valence-corrected chi connectivity index (χ4v) is 2.89. The number of carbonyl (C=O) groups is 1. The summed E-state index contributed by atoms with van der Waals surface area (Å²) in [4.78, 5) is 12.1. The fraction of sp³-hybridized carbons (Fsp3) is 0. The van der Waals surface area contributed by atoms with Crippen LogP contribution in [0.25, 0.3) is 0 Å². The molecule has 0 saturated carbocycles. The Morgan fingerprint density at radius 1 is 1.05 bits per heavy atom. The van der Waals surface area contributed by atoms with Crippen LogP contribution in [0.4, 0.5) is 11.4 Å². The summed E-state index contributed by atoms with van der Waals surface area (Å²) in [6, 6.07) is 8.23. The summed E-state index contributed by atoms with van der Waals surface area (Å²) in [5, 5.41) is 3.62. The van der Waals surface area contributed by atoms with Crippen LogP contribution < -0.4 is 11.1 Å². The van der Waals surface area contributed by atoms with Crippen molar-refractivity contribution in [1.29, 1.82) is 0 Å². The lowest BCUT2D eigenvalue weighted by Gasteiger charge is -2.09. The van der Waals surface area contributed by atoms with E-state index in [-0.39, 0.29) is 21.6 Å². The molecule has 0 unspecified atom stereocenters. The van der Waals surface area contributed by atoms with Crippen LogP contribution in [0.1, 0.15) is 10.4 Å².